The number of hydrogen-bond acceptors (Lipinski definition) is 3. The Labute approximate surface area is 112 Å². The second-order valence-electron chi connectivity index (χ2n) is 4.51. The SMILES string of the molecule is CCCC(NC(=O)N(C)Cc1cnn(C)c1)C(=O)O. The maximum absolute atomic E-state index is 11.9. The van der Waals surface area contributed by atoms with Gasteiger partial charge >= 0.3 is 12.0 Å². The van der Waals surface area contributed by atoms with Gasteiger partial charge in [0.1, 0.15) is 6.04 Å². The lowest BCUT2D eigenvalue weighted by molar-refractivity contribution is -0.139. The summed E-state index contributed by atoms with van der Waals surface area (Å²) in [5.41, 5.74) is 0.891. The molecule has 7 nitrogen and oxygen atoms in total. The molecule has 1 aromatic rings. The molecule has 106 valence electrons. The van der Waals surface area contributed by atoms with Crippen LogP contribution in [0.15, 0.2) is 12.4 Å². The minimum Gasteiger partial charge on any atom is -0.480 e. The molecule has 0 saturated heterocycles. The van der Waals surface area contributed by atoms with Gasteiger partial charge in [0.05, 0.1) is 12.7 Å². The number of urea groups is 1. The highest BCUT2D eigenvalue weighted by molar-refractivity contribution is 5.82. The van der Waals surface area contributed by atoms with Crippen LogP contribution < -0.4 is 5.32 Å². The molecule has 0 spiro atoms. The van der Waals surface area contributed by atoms with Crippen molar-refractivity contribution in [1.29, 1.82) is 0 Å². The summed E-state index contributed by atoms with van der Waals surface area (Å²) in [5.74, 6) is -1.01. The van der Waals surface area contributed by atoms with Crippen molar-refractivity contribution in [3.63, 3.8) is 0 Å². The standard InChI is InChI=1S/C12H20N4O3/c1-4-5-10(11(17)18)14-12(19)15(2)7-9-6-13-16(3)8-9/h6,8,10H,4-5,7H2,1-3H3,(H,14,19)(H,17,18). The number of carboxylic acids is 1. The van der Waals surface area contributed by atoms with Crippen molar-refractivity contribution >= 4 is 12.0 Å². The van der Waals surface area contributed by atoms with E-state index in [9.17, 15) is 9.59 Å². The first-order valence-electron chi connectivity index (χ1n) is 6.16. The van der Waals surface area contributed by atoms with Crippen LogP contribution in [0.25, 0.3) is 0 Å². The molecule has 2 N–H and O–H groups in total. The first-order chi connectivity index (χ1) is 8.93. The van der Waals surface area contributed by atoms with Crippen molar-refractivity contribution < 1.29 is 14.7 Å². The van der Waals surface area contributed by atoms with E-state index < -0.39 is 18.0 Å². The third kappa shape index (κ3) is 4.61. The number of carboxylic acid groups (broad SMARTS) is 1. The van der Waals surface area contributed by atoms with E-state index in [0.29, 0.717) is 19.4 Å². The molecule has 1 unspecified atom stereocenters. The van der Waals surface area contributed by atoms with Gasteiger partial charge in [-0.1, -0.05) is 13.3 Å². The van der Waals surface area contributed by atoms with E-state index >= 15 is 0 Å². The van der Waals surface area contributed by atoms with E-state index in [-0.39, 0.29) is 0 Å². The van der Waals surface area contributed by atoms with Gasteiger partial charge in [-0.3, -0.25) is 4.68 Å². The quantitative estimate of drug-likeness (QED) is 0.799. The zero-order valence-corrected chi connectivity index (χ0v) is 11.5. The fraction of sp³-hybridized carbons (Fsp3) is 0.583. The van der Waals surface area contributed by atoms with E-state index in [1.54, 1.807) is 25.0 Å². The molecule has 2 amide bonds. The number of rotatable bonds is 6. The Morgan fingerprint density at radius 2 is 2.26 bits per heavy atom. The van der Waals surface area contributed by atoms with Gasteiger partial charge in [0, 0.05) is 25.9 Å². The first kappa shape index (κ1) is 15.0. The third-order valence-corrected chi connectivity index (χ3v) is 2.70. The number of aryl methyl sites for hydroxylation is 1. The number of amides is 2. The molecule has 0 saturated carbocycles. The minimum absolute atomic E-state index is 0.387. The Kier molecular flexibility index (Phi) is 5.35. The van der Waals surface area contributed by atoms with Crippen LogP contribution in [0, 0.1) is 0 Å². The van der Waals surface area contributed by atoms with Gasteiger partial charge in [0.2, 0.25) is 0 Å². The Hall–Kier alpha value is -2.05. The van der Waals surface area contributed by atoms with Crippen molar-refractivity contribution in [3.8, 4) is 0 Å². The maximum atomic E-state index is 11.9. The van der Waals surface area contributed by atoms with E-state index in [4.69, 9.17) is 5.11 Å². The lowest BCUT2D eigenvalue weighted by atomic mass is 10.2. The molecule has 7 heteroatoms. The smallest absolute Gasteiger partial charge is 0.326 e. The molecule has 19 heavy (non-hydrogen) atoms. The third-order valence-electron chi connectivity index (χ3n) is 2.70. The van der Waals surface area contributed by atoms with Gasteiger partial charge in [-0.2, -0.15) is 5.10 Å². The minimum atomic E-state index is -1.01. The monoisotopic (exact) mass is 268 g/mol. The summed E-state index contributed by atoms with van der Waals surface area (Å²) in [6.45, 7) is 2.26. The van der Waals surface area contributed by atoms with Gasteiger partial charge in [0.15, 0.2) is 0 Å². The van der Waals surface area contributed by atoms with Crippen LogP contribution in [0.4, 0.5) is 4.79 Å². The van der Waals surface area contributed by atoms with Crippen LogP contribution in [-0.2, 0) is 18.4 Å². The van der Waals surface area contributed by atoms with E-state index in [2.05, 4.69) is 10.4 Å². The zero-order valence-electron chi connectivity index (χ0n) is 11.5. The van der Waals surface area contributed by atoms with E-state index in [1.165, 1.54) is 4.90 Å². The fourth-order valence-electron chi connectivity index (χ4n) is 1.70. The summed E-state index contributed by atoms with van der Waals surface area (Å²) in [6.07, 6.45) is 4.60. The average Bonchev–Trinajstić information content (AvgIpc) is 2.73. The topological polar surface area (TPSA) is 87.5 Å². The summed E-state index contributed by atoms with van der Waals surface area (Å²) in [4.78, 5) is 24.3. The Balaban J connectivity index is 2.54. The zero-order chi connectivity index (χ0) is 14.4. The first-order valence-corrected chi connectivity index (χ1v) is 6.16. The normalized spacial score (nSPS) is 11.9. The summed E-state index contributed by atoms with van der Waals surface area (Å²) in [7, 11) is 3.42. The number of carbonyl (C=O) groups is 2. The van der Waals surface area contributed by atoms with Crippen molar-refractivity contribution in [1.82, 2.24) is 20.0 Å². The predicted molar refractivity (Wildman–Crippen MR) is 69.5 cm³/mol. The highest BCUT2D eigenvalue weighted by Gasteiger charge is 2.20. The molecule has 0 fully saturated rings. The van der Waals surface area contributed by atoms with Crippen LogP contribution >= 0.6 is 0 Å². The fourth-order valence-corrected chi connectivity index (χ4v) is 1.70. The van der Waals surface area contributed by atoms with Crippen molar-refractivity contribution in [2.45, 2.75) is 32.4 Å². The molecule has 0 bridgehead atoms. The molecule has 1 aromatic heterocycles. The molecule has 0 aromatic carbocycles. The number of aromatic nitrogens is 2. The lowest BCUT2D eigenvalue weighted by Crippen LogP contribution is -2.46. The molecule has 0 aliphatic heterocycles. The average molecular weight is 268 g/mol. The van der Waals surface area contributed by atoms with Crippen LogP contribution in [0.3, 0.4) is 0 Å². The summed E-state index contributed by atoms with van der Waals surface area (Å²) in [5, 5.41) is 15.5. The van der Waals surface area contributed by atoms with Crippen LogP contribution in [0.1, 0.15) is 25.3 Å². The van der Waals surface area contributed by atoms with Crippen LogP contribution in [0.2, 0.25) is 0 Å². The van der Waals surface area contributed by atoms with E-state index in [0.717, 1.165) is 5.56 Å². The molecule has 0 aliphatic carbocycles. The highest BCUT2D eigenvalue weighted by atomic mass is 16.4. The largest absolute Gasteiger partial charge is 0.480 e. The number of aliphatic carboxylic acids is 1. The van der Waals surface area contributed by atoms with Crippen molar-refractivity contribution in [2.24, 2.45) is 7.05 Å². The summed E-state index contributed by atoms with van der Waals surface area (Å²) < 4.78 is 1.65. The van der Waals surface area contributed by atoms with Crippen LogP contribution in [-0.4, -0.2) is 44.9 Å². The highest BCUT2D eigenvalue weighted by Crippen LogP contribution is 2.03. The maximum Gasteiger partial charge on any atom is 0.326 e. The molecule has 0 aliphatic rings. The molecule has 0 radical (unpaired) electrons. The predicted octanol–water partition coefficient (Wildman–Crippen LogP) is 0.815. The molecule has 1 atom stereocenters. The van der Waals surface area contributed by atoms with Crippen molar-refractivity contribution in [2.75, 3.05) is 7.05 Å². The van der Waals surface area contributed by atoms with Gasteiger partial charge in [-0.25, -0.2) is 9.59 Å². The van der Waals surface area contributed by atoms with Gasteiger partial charge < -0.3 is 15.3 Å². The second kappa shape index (κ2) is 6.77. The summed E-state index contributed by atoms with van der Waals surface area (Å²) in [6, 6.07) is -1.24. The molecule has 1 heterocycles. The van der Waals surface area contributed by atoms with Crippen molar-refractivity contribution in [3.05, 3.63) is 18.0 Å². The van der Waals surface area contributed by atoms with E-state index in [1.807, 2.05) is 13.1 Å². The molecular formula is C12H20N4O3. The number of nitrogens with zero attached hydrogens (tertiary/aromatic N) is 3. The van der Waals surface area contributed by atoms with Gasteiger partial charge in [-0.05, 0) is 6.42 Å². The van der Waals surface area contributed by atoms with Gasteiger partial charge in [-0.15, -0.1) is 0 Å². The Bertz CT molecular complexity index is 444. The number of carbonyl (C=O) groups excluding carboxylic acids is 1. The second-order valence-corrected chi connectivity index (χ2v) is 4.51. The Morgan fingerprint density at radius 3 is 2.74 bits per heavy atom. The van der Waals surface area contributed by atoms with Gasteiger partial charge in [0.25, 0.3) is 0 Å². The number of nitrogens with one attached hydrogen (secondary N) is 1. The van der Waals surface area contributed by atoms with Crippen LogP contribution in [0.5, 0.6) is 0 Å². The Morgan fingerprint density at radius 1 is 1.58 bits per heavy atom. The lowest BCUT2D eigenvalue weighted by Gasteiger charge is -2.20. The number of hydrogen-bond donors (Lipinski definition) is 2. The molecule has 1 rings (SSSR count). The summed E-state index contributed by atoms with van der Waals surface area (Å²) >= 11 is 0. The molecular weight excluding hydrogens is 248 g/mol.